The lowest BCUT2D eigenvalue weighted by atomic mass is 10.3. The second kappa shape index (κ2) is 9.24. The first-order valence-corrected chi connectivity index (χ1v) is 8.16. The molecule has 128 valence electrons. The fourth-order valence-electron chi connectivity index (χ4n) is 1.78. The van der Waals surface area contributed by atoms with E-state index in [1.54, 1.807) is 42.7 Å². The summed E-state index contributed by atoms with van der Waals surface area (Å²) in [5.74, 6) is -1.69. The molecule has 0 unspecified atom stereocenters. The van der Waals surface area contributed by atoms with Gasteiger partial charge in [0.05, 0.1) is 5.75 Å². The minimum Gasteiger partial charge on any atom is -0.478 e. The molecule has 8 heteroatoms. The molecule has 25 heavy (non-hydrogen) atoms. The summed E-state index contributed by atoms with van der Waals surface area (Å²) >= 11 is 1.32. The van der Waals surface area contributed by atoms with Gasteiger partial charge in [-0.05, 0) is 30.3 Å². The fraction of sp³-hybridized carbons (Fsp3) is 0.0588. The number of amides is 2. The van der Waals surface area contributed by atoms with Gasteiger partial charge < -0.3 is 15.7 Å². The largest absolute Gasteiger partial charge is 0.478 e. The zero-order valence-electron chi connectivity index (χ0n) is 13.0. The first-order chi connectivity index (χ1) is 12.0. The Morgan fingerprint density at radius 3 is 2.52 bits per heavy atom. The number of rotatable bonds is 7. The summed E-state index contributed by atoms with van der Waals surface area (Å²) in [6.45, 7) is 0. The maximum Gasteiger partial charge on any atom is 0.328 e. The van der Waals surface area contributed by atoms with Crippen LogP contribution in [0.5, 0.6) is 0 Å². The number of carbonyl (C=O) groups is 3. The molecule has 0 spiro atoms. The summed E-state index contributed by atoms with van der Waals surface area (Å²) in [5.41, 5.74) is 1.19. The van der Waals surface area contributed by atoms with Gasteiger partial charge in [-0.1, -0.05) is 6.07 Å². The van der Waals surface area contributed by atoms with Crippen LogP contribution in [-0.4, -0.2) is 33.6 Å². The van der Waals surface area contributed by atoms with Crippen molar-refractivity contribution >= 4 is 40.9 Å². The third-order valence-corrected chi connectivity index (χ3v) is 3.81. The van der Waals surface area contributed by atoms with E-state index < -0.39 is 11.9 Å². The number of carboxylic acid groups (broad SMARTS) is 1. The molecule has 0 radical (unpaired) electrons. The Bertz CT molecular complexity index is 793. The Balaban J connectivity index is 1.87. The monoisotopic (exact) mass is 357 g/mol. The highest BCUT2D eigenvalue weighted by Gasteiger charge is 2.05. The molecule has 0 bridgehead atoms. The number of hydrogen-bond acceptors (Lipinski definition) is 5. The minimum atomic E-state index is -1.19. The topological polar surface area (TPSA) is 108 Å². The highest BCUT2D eigenvalue weighted by molar-refractivity contribution is 8.00. The molecule has 0 atom stereocenters. The van der Waals surface area contributed by atoms with Crippen molar-refractivity contribution in [3.63, 3.8) is 0 Å². The number of nitrogens with zero attached hydrogens (tertiary/aromatic N) is 1. The SMILES string of the molecule is O=C(O)/C=C/C(=O)Nc1cccc(SCC(=O)Nc2ccncc2)c1. The number of carbonyl (C=O) groups excluding carboxylic acids is 2. The maximum absolute atomic E-state index is 11.9. The predicted octanol–water partition coefficient (Wildman–Crippen LogP) is 2.39. The van der Waals surface area contributed by atoms with Crippen molar-refractivity contribution < 1.29 is 19.5 Å². The van der Waals surface area contributed by atoms with E-state index in [9.17, 15) is 14.4 Å². The Morgan fingerprint density at radius 2 is 1.80 bits per heavy atom. The van der Waals surface area contributed by atoms with Gasteiger partial charge in [0, 0.05) is 40.8 Å². The minimum absolute atomic E-state index is 0.157. The molecule has 2 aromatic rings. The van der Waals surface area contributed by atoms with E-state index in [0.717, 1.165) is 17.0 Å². The van der Waals surface area contributed by atoms with E-state index in [0.29, 0.717) is 11.4 Å². The number of carboxylic acids is 1. The number of pyridine rings is 1. The van der Waals surface area contributed by atoms with Gasteiger partial charge in [0.15, 0.2) is 0 Å². The zero-order valence-corrected chi connectivity index (χ0v) is 13.8. The van der Waals surface area contributed by atoms with Gasteiger partial charge in [-0.25, -0.2) is 4.79 Å². The molecule has 3 N–H and O–H groups in total. The van der Waals surface area contributed by atoms with Crippen molar-refractivity contribution in [1.29, 1.82) is 0 Å². The summed E-state index contributed by atoms with van der Waals surface area (Å²) in [7, 11) is 0. The number of aliphatic carboxylic acids is 1. The van der Waals surface area contributed by atoms with Crippen molar-refractivity contribution in [3.8, 4) is 0 Å². The molecule has 7 nitrogen and oxygen atoms in total. The standard InChI is InChI=1S/C17H15N3O4S/c21-15(4-5-17(23)24)20-13-2-1-3-14(10-13)25-11-16(22)19-12-6-8-18-9-7-12/h1-10H,11H2,(H,20,21)(H,23,24)(H,18,19,22)/b5-4+. The maximum atomic E-state index is 11.9. The molecule has 2 amide bonds. The highest BCUT2D eigenvalue weighted by atomic mass is 32.2. The van der Waals surface area contributed by atoms with E-state index in [-0.39, 0.29) is 11.7 Å². The molecule has 1 heterocycles. The van der Waals surface area contributed by atoms with Crippen LogP contribution >= 0.6 is 11.8 Å². The lowest BCUT2D eigenvalue weighted by Gasteiger charge is -2.07. The summed E-state index contributed by atoms with van der Waals surface area (Å²) in [4.78, 5) is 38.5. The van der Waals surface area contributed by atoms with Crippen LogP contribution < -0.4 is 10.6 Å². The summed E-state index contributed by atoms with van der Waals surface area (Å²) in [6.07, 6.45) is 4.88. The lowest BCUT2D eigenvalue weighted by molar-refractivity contribution is -0.131. The summed E-state index contributed by atoms with van der Waals surface area (Å²) in [5, 5.41) is 13.8. The van der Waals surface area contributed by atoms with Crippen molar-refractivity contribution in [1.82, 2.24) is 4.98 Å². The molecule has 0 saturated heterocycles. The zero-order chi connectivity index (χ0) is 18.1. The average Bonchev–Trinajstić information content (AvgIpc) is 2.59. The van der Waals surface area contributed by atoms with Crippen LogP contribution in [0.2, 0.25) is 0 Å². The number of hydrogen-bond donors (Lipinski definition) is 3. The number of aromatic nitrogens is 1. The quantitative estimate of drug-likeness (QED) is 0.519. The summed E-state index contributed by atoms with van der Waals surface area (Å²) in [6, 6.07) is 10.3. The van der Waals surface area contributed by atoms with Crippen LogP contribution in [0.25, 0.3) is 0 Å². The Hall–Kier alpha value is -3.13. The lowest BCUT2D eigenvalue weighted by Crippen LogP contribution is -2.14. The highest BCUT2D eigenvalue weighted by Crippen LogP contribution is 2.22. The van der Waals surface area contributed by atoms with Gasteiger partial charge in [-0.3, -0.25) is 14.6 Å². The van der Waals surface area contributed by atoms with Crippen LogP contribution in [0.15, 0.2) is 65.8 Å². The Labute approximate surface area is 148 Å². The molecular weight excluding hydrogens is 342 g/mol. The molecule has 1 aromatic heterocycles. The first kappa shape index (κ1) is 18.2. The molecule has 0 aliphatic carbocycles. The number of thioether (sulfide) groups is 1. The second-order valence-electron chi connectivity index (χ2n) is 4.76. The second-order valence-corrected chi connectivity index (χ2v) is 5.81. The summed E-state index contributed by atoms with van der Waals surface area (Å²) < 4.78 is 0. The molecule has 0 fully saturated rings. The van der Waals surface area contributed by atoms with E-state index >= 15 is 0 Å². The number of benzene rings is 1. The van der Waals surface area contributed by atoms with E-state index in [1.165, 1.54) is 11.8 Å². The van der Waals surface area contributed by atoms with E-state index in [4.69, 9.17) is 5.11 Å². The molecule has 0 aliphatic rings. The van der Waals surface area contributed by atoms with Gasteiger partial charge in [0.1, 0.15) is 0 Å². The number of nitrogens with one attached hydrogen (secondary N) is 2. The third-order valence-electron chi connectivity index (χ3n) is 2.81. The van der Waals surface area contributed by atoms with Crippen LogP contribution in [0.4, 0.5) is 11.4 Å². The molecule has 0 aliphatic heterocycles. The number of anilines is 2. The fourth-order valence-corrected chi connectivity index (χ4v) is 2.53. The Morgan fingerprint density at radius 1 is 1.04 bits per heavy atom. The van der Waals surface area contributed by atoms with E-state index in [1.807, 2.05) is 6.07 Å². The molecule has 2 rings (SSSR count). The van der Waals surface area contributed by atoms with Crippen molar-refractivity contribution in [2.24, 2.45) is 0 Å². The van der Waals surface area contributed by atoms with Crippen LogP contribution in [0.1, 0.15) is 0 Å². The van der Waals surface area contributed by atoms with Crippen molar-refractivity contribution in [2.45, 2.75) is 4.90 Å². The van der Waals surface area contributed by atoms with Gasteiger partial charge in [-0.2, -0.15) is 0 Å². The molecule has 0 saturated carbocycles. The normalized spacial score (nSPS) is 10.4. The van der Waals surface area contributed by atoms with Gasteiger partial charge in [0.2, 0.25) is 11.8 Å². The van der Waals surface area contributed by atoms with Crippen LogP contribution in [-0.2, 0) is 14.4 Å². The predicted molar refractivity (Wildman–Crippen MR) is 95.4 cm³/mol. The third kappa shape index (κ3) is 6.88. The van der Waals surface area contributed by atoms with Crippen molar-refractivity contribution in [2.75, 3.05) is 16.4 Å². The van der Waals surface area contributed by atoms with Crippen LogP contribution in [0.3, 0.4) is 0 Å². The smallest absolute Gasteiger partial charge is 0.328 e. The van der Waals surface area contributed by atoms with Crippen molar-refractivity contribution in [3.05, 3.63) is 60.9 Å². The van der Waals surface area contributed by atoms with Gasteiger partial charge in [0.25, 0.3) is 0 Å². The molecular formula is C17H15N3O4S. The van der Waals surface area contributed by atoms with Crippen LogP contribution in [0, 0.1) is 0 Å². The van der Waals surface area contributed by atoms with E-state index in [2.05, 4.69) is 15.6 Å². The first-order valence-electron chi connectivity index (χ1n) is 7.17. The van der Waals surface area contributed by atoms with Gasteiger partial charge >= 0.3 is 5.97 Å². The van der Waals surface area contributed by atoms with Gasteiger partial charge in [-0.15, -0.1) is 11.8 Å². The Kier molecular flexibility index (Phi) is 6.73. The average molecular weight is 357 g/mol. The molecule has 1 aromatic carbocycles.